The van der Waals surface area contributed by atoms with E-state index in [9.17, 15) is 8.78 Å². The summed E-state index contributed by atoms with van der Waals surface area (Å²) in [6.45, 7) is 4.17. The third-order valence-electron chi connectivity index (χ3n) is 2.30. The van der Waals surface area contributed by atoms with Crippen molar-refractivity contribution in [1.29, 1.82) is 0 Å². The predicted octanol–water partition coefficient (Wildman–Crippen LogP) is 3.85. The summed E-state index contributed by atoms with van der Waals surface area (Å²) in [7, 11) is 0. The van der Waals surface area contributed by atoms with Crippen LogP contribution in [0.4, 0.5) is 20.4 Å². The van der Waals surface area contributed by atoms with Gasteiger partial charge in [-0.2, -0.15) is 0 Å². The molecule has 0 spiro atoms. The van der Waals surface area contributed by atoms with E-state index in [0.29, 0.717) is 12.5 Å². The Hall–Kier alpha value is -1.69. The van der Waals surface area contributed by atoms with Crippen LogP contribution in [0.1, 0.15) is 0 Å². The Bertz CT molecular complexity index is 581. The fourth-order valence-electron chi connectivity index (χ4n) is 1.46. The topological polar surface area (TPSA) is 29.9 Å². The molecule has 1 aromatic heterocycles. The maximum Gasteiger partial charge on any atom is 0.207 e. The van der Waals surface area contributed by atoms with E-state index in [2.05, 4.69) is 32.8 Å². The van der Waals surface area contributed by atoms with Crippen LogP contribution in [0, 0.1) is 11.6 Å². The number of nitrogens with zero attached hydrogens (tertiary/aromatic N) is 2. The molecule has 0 aliphatic carbocycles. The lowest BCUT2D eigenvalue weighted by Crippen LogP contribution is -2.03. The van der Waals surface area contributed by atoms with E-state index in [1.807, 2.05) is 0 Å². The van der Waals surface area contributed by atoms with Crippen LogP contribution in [0.2, 0.25) is 0 Å². The molecule has 0 saturated heterocycles. The third-order valence-corrected chi connectivity index (χ3v) is 2.91. The van der Waals surface area contributed by atoms with E-state index in [-0.39, 0.29) is 10.2 Å². The first-order valence-corrected chi connectivity index (χ1v) is 5.94. The summed E-state index contributed by atoms with van der Waals surface area (Å²) >= 11 is 3.01. The molecule has 3 nitrogen and oxygen atoms in total. The average molecular weight is 314 g/mol. The van der Waals surface area contributed by atoms with Crippen LogP contribution in [0.5, 0.6) is 0 Å². The summed E-state index contributed by atoms with van der Waals surface area (Å²) in [6, 6.07) is 2.14. The Kier molecular flexibility index (Phi) is 3.76. The van der Waals surface area contributed by atoms with Crippen molar-refractivity contribution < 1.29 is 8.78 Å². The van der Waals surface area contributed by atoms with Crippen LogP contribution < -0.4 is 5.32 Å². The molecule has 0 saturated carbocycles. The van der Waals surface area contributed by atoms with E-state index in [0.717, 1.165) is 6.07 Å². The minimum absolute atomic E-state index is 0.153. The SMILES string of the molecule is C=CCn1ccnc1Nc1cc(Br)c(F)cc1F. The van der Waals surface area contributed by atoms with E-state index < -0.39 is 11.6 Å². The molecule has 0 atom stereocenters. The number of benzene rings is 1. The lowest BCUT2D eigenvalue weighted by Gasteiger charge is -2.09. The van der Waals surface area contributed by atoms with Crippen molar-refractivity contribution in [3.8, 4) is 0 Å². The number of aromatic nitrogens is 2. The first kappa shape index (κ1) is 12.8. The number of halogens is 3. The largest absolute Gasteiger partial charge is 0.323 e. The van der Waals surface area contributed by atoms with Crippen molar-refractivity contribution in [3.05, 3.63) is 53.3 Å². The molecule has 1 N–H and O–H groups in total. The maximum absolute atomic E-state index is 13.6. The van der Waals surface area contributed by atoms with Crippen molar-refractivity contribution in [1.82, 2.24) is 9.55 Å². The molecule has 0 radical (unpaired) electrons. The van der Waals surface area contributed by atoms with Gasteiger partial charge in [-0.15, -0.1) is 6.58 Å². The highest BCUT2D eigenvalue weighted by Crippen LogP contribution is 2.25. The molecule has 0 unspecified atom stereocenters. The van der Waals surface area contributed by atoms with Crippen LogP contribution in [0.15, 0.2) is 41.7 Å². The van der Waals surface area contributed by atoms with Crippen LogP contribution in [0.25, 0.3) is 0 Å². The minimum Gasteiger partial charge on any atom is -0.323 e. The molecule has 0 amide bonds. The van der Waals surface area contributed by atoms with Gasteiger partial charge in [-0.3, -0.25) is 0 Å². The molecule has 1 aromatic carbocycles. The van der Waals surface area contributed by atoms with Crippen LogP contribution in [0.3, 0.4) is 0 Å². The molecule has 0 fully saturated rings. The fourth-order valence-corrected chi connectivity index (χ4v) is 1.80. The second-order valence-electron chi connectivity index (χ2n) is 3.56. The van der Waals surface area contributed by atoms with Gasteiger partial charge in [-0.25, -0.2) is 13.8 Å². The highest BCUT2D eigenvalue weighted by atomic mass is 79.9. The van der Waals surface area contributed by atoms with Gasteiger partial charge < -0.3 is 9.88 Å². The second kappa shape index (κ2) is 5.30. The number of hydrogen-bond acceptors (Lipinski definition) is 2. The lowest BCUT2D eigenvalue weighted by molar-refractivity contribution is 0.581. The summed E-state index contributed by atoms with van der Waals surface area (Å²) in [5, 5.41) is 2.81. The monoisotopic (exact) mass is 313 g/mol. The molecule has 18 heavy (non-hydrogen) atoms. The Balaban J connectivity index is 2.31. The quantitative estimate of drug-likeness (QED) is 0.686. The van der Waals surface area contributed by atoms with Gasteiger partial charge in [-0.05, 0) is 22.0 Å². The zero-order valence-corrected chi connectivity index (χ0v) is 10.9. The van der Waals surface area contributed by atoms with Gasteiger partial charge >= 0.3 is 0 Å². The number of nitrogens with one attached hydrogen (secondary N) is 1. The molecular weight excluding hydrogens is 304 g/mol. The van der Waals surface area contributed by atoms with Gasteiger partial charge in [0.2, 0.25) is 5.95 Å². The van der Waals surface area contributed by atoms with Crippen LogP contribution >= 0.6 is 15.9 Å². The fraction of sp³-hybridized carbons (Fsp3) is 0.0833. The van der Waals surface area contributed by atoms with Crippen molar-refractivity contribution >= 4 is 27.6 Å². The Morgan fingerprint density at radius 2 is 2.17 bits per heavy atom. The zero-order chi connectivity index (χ0) is 13.1. The van der Waals surface area contributed by atoms with Gasteiger partial charge in [0.1, 0.15) is 11.6 Å². The van der Waals surface area contributed by atoms with Crippen molar-refractivity contribution in [3.63, 3.8) is 0 Å². The summed E-state index contributed by atoms with van der Waals surface area (Å²) in [6.07, 6.45) is 5.02. The minimum atomic E-state index is -0.677. The van der Waals surface area contributed by atoms with E-state index in [1.165, 1.54) is 6.07 Å². The Morgan fingerprint density at radius 3 is 2.89 bits per heavy atom. The smallest absolute Gasteiger partial charge is 0.207 e. The van der Waals surface area contributed by atoms with E-state index in [1.54, 1.807) is 23.0 Å². The number of rotatable bonds is 4. The van der Waals surface area contributed by atoms with Crippen LogP contribution in [-0.2, 0) is 6.54 Å². The molecule has 2 rings (SSSR count). The molecular formula is C12H10BrF2N3. The highest BCUT2D eigenvalue weighted by Gasteiger charge is 2.10. The molecule has 0 aliphatic heterocycles. The average Bonchev–Trinajstić information content (AvgIpc) is 2.74. The van der Waals surface area contributed by atoms with E-state index >= 15 is 0 Å². The molecule has 2 aromatic rings. The summed E-state index contributed by atoms with van der Waals surface area (Å²) < 4.78 is 28.6. The second-order valence-corrected chi connectivity index (χ2v) is 4.42. The number of anilines is 2. The van der Waals surface area contributed by atoms with Gasteiger partial charge in [-0.1, -0.05) is 6.08 Å². The lowest BCUT2D eigenvalue weighted by atomic mass is 10.3. The van der Waals surface area contributed by atoms with Gasteiger partial charge in [0, 0.05) is 25.0 Å². The summed E-state index contributed by atoms with van der Waals surface area (Å²) in [4.78, 5) is 4.05. The normalized spacial score (nSPS) is 10.4. The van der Waals surface area contributed by atoms with Gasteiger partial charge in [0.25, 0.3) is 0 Å². The molecule has 1 heterocycles. The highest BCUT2D eigenvalue weighted by molar-refractivity contribution is 9.10. The third kappa shape index (κ3) is 2.59. The summed E-state index contributed by atoms with van der Waals surface area (Å²) in [5.74, 6) is -0.858. The number of hydrogen-bond donors (Lipinski definition) is 1. The van der Waals surface area contributed by atoms with Crippen molar-refractivity contribution in [2.45, 2.75) is 6.54 Å². The molecule has 0 bridgehead atoms. The predicted molar refractivity (Wildman–Crippen MR) is 69.8 cm³/mol. The van der Waals surface area contributed by atoms with Gasteiger partial charge in [0.15, 0.2) is 0 Å². The zero-order valence-electron chi connectivity index (χ0n) is 9.33. The first-order chi connectivity index (χ1) is 8.61. The summed E-state index contributed by atoms with van der Waals surface area (Å²) in [5.41, 5.74) is 0.153. The van der Waals surface area contributed by atoms with Crippen molar-refractivity contribution in [2.75, 3.05) is 5.32 Å². The van der Waals surface area contributed by atoms with E-state index in [4.69, 9.17) is 0 Å². The molecule has 94 valence electrons. The maximum atomic E-state index is 13.6. The number of imidazole rings is 1. The first-order valence-electron chi connectivity index (χ1n) is 5.15. The van der Waals surface area contributed by atoms with Crippen molar-refractivity contribution in [2.24, 2.45) is 0 Å². The Labute approximate surface area is 111 Å². The van der Waals surface area contributed by atoms with Crippen LogP contribution in [-0.4, -0.2) is 9.55 Å². The molecule has 0 aliphatic rings. The van der Waals surface area contributed by atoms with Gasteiger partial charge in [0.05, 0.1) is 10.2 Å². The standard InChI is InChI=1S/C12H10BrF2N3/c1-2-4-18-5-3-16-12(18)17-11-6-8(13)9(14)7-10(11)15/h2-3,5-7H,1,4H2,(H,16,17). The Morgan fingerprint density at radius 1 is 1.39 bits per heavy atom. The number of allylic oxidation sites excluding steroid dienone is 1. The molecule has 6 heteroatoms.